The first-order valence-electron chi connectivity index (χ1n) is 22.4. The summed E-state index contributed by atoms with van der Waals surface area (Å²) in [7, 11) is 1.62. The summed E-state index contributed by atoms with van der Waals surface area (Å²) in [5.74, 6) is -0.144. The molecule has 8 nitrogen and oxygen atoms in total. The molecule has 312 valence electrons. The summed E-state index contributed by atoms with van der Waals surface area (Å²) in [5, 5.41) is 13.8. The van der Waals surface area contributed by atoms with E-state index in [0.29, 0.717) is 23.9 Å². The van der Waals surface area contributed by atoms with E-state index >= 15 is 0 Å². The Hall–Kier alpha value is -0.500. The minimum Gasteiger partial charge on any atom is -0.391 e. The van der Waals surface area contributed by atoms with Crippen LogP contribution < -0.4 is 5.32 Å². The topological polar surface area (TPSA) is 105 Å². The lowest BCUT2D eigenvalue weighted by Crippen LogP contribution is -2.46. The summed E-state index contributed by atoms with van der Waals surface area (Å²) in [5.41, 5.74) is 0. The molecule has 0 rings (SSSR count). The van der Waals surface area contributed by atoms with Gasteiger partial charge in [0.25, 0.3) is 0 Å². The average Bonchev–Trinajstić information content (AvgIpc) is 3.09. The van der Waals surface area contributed by atoms with Crippen LogP contribution in [-0.4, -0.2) is 73.4 Å². The molecule has 3 N–H and O–H groups in total. The molecule has 52 heavy (non-hydrogen) atoms. The lowest BCUT2D eigenvalue weighted by Gasteiger charge is -2.26. The number of likely N-dealkylation sites (N-methyl/N-ethyl adjacent to an activating group) is 1. The number of phosphoric acid groups is 1. The van der Waals surface area contributed by atoms with E-state index in [0.717, 1.165) is 38.5 Å². The number of carbonyl (C=O) groups is 1. The molecule has 0 aromatic carbocycles. The Labute approximate surface area is 323 Å². The number of carbonyl (C=O) groups excluding carboxylic acids is 1. The second-order valence-corrected chi connectivity index (χ2v) is 18.2. The van der Waals surface area contributed by atoms with Gasteiger partial charge in [0.2, 0.25) is 5.91 Å². The van der Waals surface area contributed by atoms with E-state index in [2.05, 4.69) is 19.2 Å². The minimum absolute atomic E-state index is 0.0778. The van der Waals surface area contributed by atoms with Gasteiger partial charge in [-0.2, -0.15) is 0 Å². The second kappa shape index (κ2) is 36.2. The highest BCUT2D eigenvalue weighted by atomic mass is 31.2. The Morgan fingerprint density at radius 1 is 0.577 bits per heavy atom. The zero-order valence-electron chi connectivity index (χ0n) is 35.3. The maximum atomic E-state index is 12.8. The number of phosphoric ester groups is 1. The van der Waals surface area contributed by atoms with Crippen LogP contribution in [-0.2, 0) is 18.4 Å². The predicted molar refractivity (Wildman–Crippen MR) is 222 cm³/mol. The number of aliphatic hydroxyl groups excluding tert-OH is 1. The van der Waals surface area contributed by atoms with E-state index in [9.17, 15) is 19.4 Å². The highest BCUT2D eigenvalue weighted by molar-refractivity contribution is 7.47. The molecule has 0 aliphatic heterocycles. The lowest BCUT2D eigenvalue weighted by molar-refractivity contribution is -0.870. The fourth-order valence-corrected chi connectivity index (χ4v) is 7.49. The van der Waals surface area contributed by atoms with E-state index in [-0.39, 0.29) is 19.1 Å². The van der Waals surface area contributed by atoms with E-state index in [4.69, 9.17) is 9.05 Å². The van der Waals surface area contributed by atoms with Gasteiger partial charge in [0.1, 0.15) is 13.2 Å². The number of hydrogen-bond acceptors (Lipinski definition) is 5. The fraction of sp³-hybridized carbons (Fsp3) is 0.977. The molecular weight excluding hydrogens is 671 g/mol. The van der Waals surface area contributed by atoms with Crippen molar-refractivity contribution in [2.45, 2.75) is 231 Å². The smallest absolute Gasteiger partial charge is 0.391 e. The van der Waals surface area contributed by atoms with Crippen molar-refractivity contribution in [2.24, 2.45) is 0 Å². The van der Waals surface area contributed by atoms with Gasteiger partial charge in [0, 0.05) is 6.42 Å². The van der Waals surface area contributed by atoms with Gasteiger partial charge in [-0.1, -0.05) is 200 Å². The molecule has 0 bridgehead atoms. The highest BCUT2D eigenvalue weighted by Gasteiger charge is 2.28. The standard InChI is InChI=1S/C43H89N2O6P/c1-6-8-10-12-14-15-16-17-18-19-20-21-22-23-24-25-26-27-28-29-31-33-35-37-43(47)44-41(42(46)36-34-32-30-13-11-9-7-2)40-51-52(48,49)50-39-38-45(3,4)5/h41-42,46H,6-40H2,1-5H3,(H-,44,47,48,49)/p+1. The highest BCUT2D eigenvalue weighted by Crippen LogP contribution is 2.43. The first-order chi connectivity index (χ1) is 25.0. The minimum atomic E-state index is -4.30. The third kappa shape index (κ3) is 37.8. The van der Waals surface area contributed by atoms with Crippen molar-refractivity contribution < 1.29 is 32.9 Å². The molecule has 0 saturated heterocycles. The molecule has 0 spiro atoms. The monoisotopic (exact) mass is 762 g/mol. The van der Waals surface area contributed by atoms with Crippen LogP contribution in [0.4, 0.5) is 0 Å². The van der Waals surface area contributed by atoms with Crippen molar-refractivity contribution in [2.75, 3.05) is 40.9 Å². The zero-order chi connectivity index (χ0) is 38.6. The lowest BCUT2D eigenvalue weighted by atomic mass is 10.0. The van der Waals surface area contributed by atoms with Crippen molar-refractivity contribution >= 4 is 13.7 Å². The van der Waals surface area contributed by atoms with Crippen molar-refractivity contribution in [3.8, 4) is 0 Å². The molecule has 3 atom stereocenters. The summed E-state index contributed by atoms with van der Waals surface area (Å²) in [6.07, 6.45) is 38.7. The van der Waals surface area contributed by atoms with Crippen LogP contribution in [0.15, 0.2) is 0 Å². The first-order valence-corrected chi connectivity index (χ1v) is 23.9. The van der Waals surface area contributed by atoms with Crippen molar-refractivity contribution in [3.05, 3.63) is 0 Å². The zero-order valence-corrected chi connectivity index (χ0v) is 36.2. The van der Waals surface area contributed by atoms with Gasteiger partial charge >= 0.3 is 7.82 Å². The van der Waals surface area contributed by atoms with Crippen molar-refractivity contribution in [1.82, 2.24) is 5.32 Å². The van der Waals surface area contributed by atoms with Crippen LogP contribution in [0.5, 0.6) is 0 Å². The van der Waals surface area contributed by atoms with Crippen molar-refractivity contribution in [3.63, 3.8) is 0 Å². The number of nitrogens with zero attached hydrogens (tertiary/aromatic N) is 1. The molecule has 0 radical (unpaired) electrons. The van der Waals surface area contributed by atoms with E-state index < -0.39 is 20.0 Å². The number of hydrogen-bond donors (Lipinski definition) is 3. The summed E-state index contributed by atoms with van der Waals surface area (Å²) in [6, 6.07) is -0.750. The number of rotatable bonds is 41. The first kappa shape index (κ1) is 51.5. The predicted octanol–water partition coefficient (Wildman–Crippen LogP) is 12.2. The Morgan fingerprint density at radius 3 is 1.29 bits per heavy atom. The second-order valence-electron chi connectivity index (χ2n) is 16.8. The molecule has 0 saturated carbocycles. The van der Waals surface area contributed by atoms with Gasteiger partial charge in [-0.25, -0.2) is 4.57 Å². The molecule has 0 aromatic heterocycles. The third-order valence-electron chi connectivity index (χ3n) is 10.4. The molecule has 1 amide bonds. The van der Waals surface area contributed by atoms with Gasteiger partial charge in [-0.3, -0.25) is 13.8 Å². The van der Waals surface area contributed by atoms with Gasteiger partial charge in [0.15, 0.2) is 0 Å². The summed E-state index contributed by atoms with van der Waals surface area (Å²) < 4.78 is 23.5. The molecule has 0 aliphatic rings. The molecular formula is C43H90N2O6P+. The SMILES string of the molecule is CCCCCCCCCCCCCCCCCCCCCCCCCC(=O)NC(COP(=O)(O)OCC[N+](C)(C)C)C(O)CCCCCCCCC. The summed E-state index contributed by atoms with van der Waals surface area (Å²) in [4.78, 5) is 23.0. The van der Waals surface area contributed by atoms with Crippen LogP contribution in [0, 0.1) is 0 Å². The molecule has 0 heterocycles. The molecule has 3 unspecified atom stereocenters. The fourth-order valence-electron chi connectivity index (χ4n) is 6.75. The molecule has 0 aromatic rings. The molecule has 0 aliphatic carbocycles. The van der Waals surface area contributed by atoms with E-state index in [1.54, 1.807) is 0 Å². The number of quaternary nitrogens is 1. The van der Waals surface area contributed by atoms with Crippen LogP contribution in [0.25, 0.3) is 0 Å². The van der Waals surface area contributed by atoms with Crippen molar-refractivity contribution in [1.29, 1.82) is 0 Å². The maximum Gasteiger partial charge on any atom is 0.472 e. The van der Waals surface area contributed by atoms with Crippen LogP contribution in [0.1, 0.15) is 219 Å². The van der Waals surface area contributed by atoms with Gasteiger partial charge in [-0.05, 0) is 12.8 Å². The Kier molecular flexibility index (Phi) is 35.8. The van der Waals surface area contributed by atoms with E-state index in [1.165, 1.54) is 154 Å². The Bertz CT molecular complexity index is 824. The maximum absolute atomic E-state index is 12.8. The van der Waals surface area contributed by atoms with E-state index in [1.807, 2.05) is 21.1 Å². The van der Waals surface area contributed by atoms with Crippen LogP contribution in [0.2, 0.25) is 0 Å². The number of aliphatic hydroxyl groups is 1. The van der Waals surface area contributed by atoms with Crippen LogP contribution >= 0.6 is 7.82 Å². The Morgan fingerprint density at radius 2 is 0.923 bits per heavy atom. The van der Waals surface area contributed by atoms with Gasteiger partial charge in [-0.15, -0.1) is 0 Å². The number of nitrogens with one attached hydrogen (secondary N) is 1. The third-order valence-corrected chi connectivity index (χ3v) is 11.3. The summed E-state index contributed by atoms with van der Waals surface area (Å²) in [6.45, 7) is 4.86. The quantitative estimate of drug-likeness (QED) is 0.0325. The molecule has 0 fully saturated rings. The van der Waals surface area contributed by atoms with Gasteiger partial charge < -0.3 is 19.8 Å². The normalized spacial score (nSPS) is 14.4. The largest absolute Gasteiger partial charge is 0.472 e. The van der Waals surface area contributed by atoms with Crippen LogP contribution in [0.3, 0.4) is 0 Å². The number of amides is 1. The summed E-state index contributed by atoms with van der Waals surface area (Å²) >= 11 is 0. The van der Waals surface area contributed by atoms with Gasteiger partial charge in [0.05, 0.1) is 39.9 Å². The Balaban J connectivity index is 4.04. The number of unbranched alkanes of at least 4 members (excludes halogenated alkanes) is 28. The average molecular weight is 762 g/mol. The molecule has 9 heteroatoms.